The minimum absolute atomic E-state index is 0.0486. The van der Waals surface area contributed by atoms with Crippen molar-refractivity contribution >= 4 is 5.97 Å². The molecule has 0 aliphatic heterocycles. The molecule has 4 N–H and O–H groups in total. The van der Waals surface area contributed by atoms with E-state index in [1.807, 2.05) is 0 Å². The standard InChI is InChI=1S/C8H16O2.C4H11NO/c1-2-3-4-5-6-7-8(9)10;1-4(2,5)3-6/h2-7H2,1H3,(H,9,10);6H,3,5H2,1-2H3. The van der Waals surface area contributed by atoms with Crippen molar-refractivity contribution in [3.63, 3.8) is 0 Å². The molecule has 0 aromatic heterocycles. The van der Waals surface area contributed by atoms with Gasteiger partial charge in [0.25, 0.3) is 0 Å². The molecule has 98 valence electrons. The number of aliphatic hydroxyl groups excluding tert-OH is 1. The average molecular weight is 233 g/mol. The van der Waals surface area contributed by atoms with Crippen molar-refractivity contribution in [3.05, 3.63) is 0 Å². The number of nitrogens with two attached hydrogens (primary N) is 1. The van der Waals surface area contributed by atoms with Crippen LogP contribution in [0.4, 0.5) is 0 Å². The lowest BCUT2D eigenvalue weighted by molar-refractivity contribution is -0.137. The van der Waals surface area contributed by atoms with Gasteiger partial charge >= 0.3 is 5.97 Å². The highest BCUT2D eigenvalue weighted by Gasteiger charge is 2.05. The molecular formula is C12H27NO3. The van der Waals surface area contributed by atoms with Crippen LogP contribution >= 0.6 is 0 Å². The average Bonchev–Trinajstić information content (AvgIpc) is 2.17. The Hall–Kier alpha value is -0.610. The zero-order valence-corrected chi connectivity index (χ0v) is 10.8. The summed E-state index contributed by atoms with van der Waals surface area (Å²) in [6, 6.07) is 0. The lowest BCUT2D eigenvalue weighted by Gasteiger charge is -2.12. The van der Waals surface area contributed by atoms with Crippen LogP contribution in [0.3, 0.4) is 0 Å². The zero-order valence-electron chi connectivity index (χ0n) is 10.8. The summed E-state index contributed by atoms with van der Waals surface area (Å²) >= 11 is 0. The maximum atomic E-state index is 10.0. The van der Waals surface area contributed by atoms with E-state index >= 15 is 0 Å². The van der Waals surface area contributed by atoms with Crippen molar-refractivity contribution in [2.45, 2.75) is 64.8 Å². The molecule has 0 aliphatic rings. The van der Waals surface area contributed by atoms with E-state index < -0.39 is 11.5 Å². The van der Waals surface area contributed by atoms with Gasteiger partial charge in [-0.1, -0.05) is 32.6 Å². The number of rotatable bonds is 7. The first kappa shape index (κ1) is 17.8. The van der Waals surface area contributed by atoms with E-state index in [-0.39, 0.29) is 6.61 Å². The summed E-state index contributed by atoms with van der Waals surface area (Å²) in [4.78, 5) is 10.0. The van der Waals surface area contributed by atoms with Gasteiger partial charge in [-0.3, -0.25) is 4.79 Å². The molecule has 0 heterocycles. The summed E-state index contributed by atoms with van der Waals surface area (Å²) in [6.07, 6.45) is 5.88. The molecule has 4 heteroatoms. The van der Waals surface area contributed by atoms with E-state index in [1.165, 1.54) is 19.3 Å². The maximum absolute atomic E-state index is 10.0. The second-order valence-electron chi connectivity index (χ2n) is 4.70. The summed E-state index contributed by atoms with van der Waals surface area (Å²) in [6.45, 7) is 5.74. The third kappa shape index (κ3) is 23.3. The summed E-state index contributed by atoms with van der Waals surface area (Å²) < 4.78 is 0. The highest BCUT2D eigenvalue weighted by molar-refractivity contribution is 5.66. The molecule has 0 aliphatic carbocycles. The number of carboxylic acid groups (broad SMARTS) is 1. The number of aliphatic carboxylic acids is 1. The first-order valence-corrected chi connectivity index (χ1v) is 5.95. The number of hydrogen-bond acceptors (Lipinski definition) is 3. The summed E-state index contributed by atoms with van der Waals surface area (Å²) in [7, 11) is 0. The van der Waals surface area contributed by atoms with Crippen LogP contribution in [-0.4, -0.2) is 28.3 Å². The van der Waals surface area contributed by atoms with Crippen molar-refractivity contribution < 1.29 is 15.0 Å². The first-order chi connectivity index (χ1) is 7.33. The van der Waals surface area contributed by atoms with E-state index in [0.29, 0.717) is 6.42 Å². The van der Waals surface area contributed by atoms with Gasteiger partial charge in [-0.25, -0.2) is 0 Å². The fourth-order valence-corrected chi connectivity index (χ4v) is 0.880. The summed E-state index contributed by atoms with van der Waals surface area (Å²) in [5.74, 6) is -0.670. The number of carbonyl (C=O) groups is 1. The quantitative estimate of drug-likeness (QED) is 0.588. The van der Waals surface area contributed by atoms with Crippen molar-refractivity contribution in [2.24, 2.45) is 5.73 Å². The number of hydrogen-bond donors (Lipinski definition) is 3. The molecule has 0 unspecified atom stereocenters. The van der Waals surface area contributed by atoms with Crippen molar-refractivity contribution in [1.29, 1.82) is 0 Å². The van der Waals surface area contributed by atoms with Gasteiger partial charge in [0, 0.05) is 12.0 Å². The molecule has 0 amide bonds. The van der Waals surface area contributed by atoms with Gasteiger partial charge in [-0.2, -0.15) is 0 Å². The molecule has 0 aromatic carbocycles. The van der Waals surface area contributed by atoms with Gasteiger partial charge in [0.15, 0.2) is 0 Å². The molecule has 0 radical (unpaired) electrons. The Kier molecular flexibility index (Phi) is 12.1. The van der Waals surface area contributed by atoms with E-state index in [1.54, 1.807) is 13.8 Å². The van der Waals surface area contributed by atoms with Gasteiger partial charge in [-0.15, -0.1) is 0 Å². The largest absolute Gasteiger partial charge is 0.481 e. The molecule has 4 nitrogen and oxygen atoms in total. The Bertz CT molecular complexity index is 164. The van der Waals surface area contributed by atoms with Crippen LogP contribution < -0.4 is 5.73 Å². The van der Waals surface area contributed by atoms with Crippen molar-refractivity contribution in [3.8, 4) is 0 Å². The monoisotopic (exact) mass is 233 g/mol. The van der Waals surface area contributed by atoms with E-state index in [9.17, 15) is 4.79 Å². The molecular weight excluding hydrogens is 206 g/mol. The molecule has 16 heavy (non-hydrogen) atoms. The lowest BCUT2D eigenvalue weighted by atomic mass is 10.1. The first-order valence-electron chi connectivity index (χ1n) is 5.95. The zero-order chi connectivity index (χ0) is 13.0. The predicted octanol–water partition coefficient (Wildman–Crippen LogP) is 2.15. The molecule has 0 saturated heterocycles. The Balaban J connectivity index is 0. The van der Waals surface area contributed by atoms with Crippen LogP contribution in [0, 0.1) is 0 Å². The van der Waals surface area contributed by atoms with Gasteiger partial charge in [0.1, 0.15) is 0 Å². The second kappa shape index (κ2) is 10.9. The Labute approximate surface area is 98.8 Å². The molecule has 0 bridgehead atoms. The molecule has 0 rings (SSSR count). The normalized spacial score (nSPS) is 10.6. The highest BCUT2D eigenvalue weighted by atomic mass is 16.4. The highest BCUT2D eigenvalue weighted by Crippen LogP contribution is 2.04. The van der Waals surface area contributed by atoms with E-state index in [4.69, 9.17) is 15.9 Å². The Morgan fingerprint density at radius 1 is 1.19 bits per heavy atom. The fourth-order valence-electron chi connectivity index (χ4n) is 0.880. The Morgan fingerprint density at radius 3 is 1.94 bits per heavy atom. The fraction of sp³-hybridized carbons (Fsp3) is 0.917. The number of unbranched alkanes of at least 4 members (excludes halogenated alkanes) is 4. The summed E-state index contributed by atoms with van der Waals surface area (Å²) in [5, 5.41) is 16.5. The molecule has 0 aromatic rings. The van der Waals surface area contributed by atoms with Gasteiger partial charge in [0.2, 0.25) is 0 Å². The van der Waals surface area contributed by atoms with Gasteiger partial charge in [-0.05, 0) is 20.3 Å². The van der Waals surface area contributed by atoms with Crippen molar-refractivity contribution in [2.75, 3.05) is 6.61 Å². The predicted molar refractivity (Wildman–Crippen MR) is 66.4 cm³/mol. The van der Waals surface area contributed by atoms with Crippen LogP contribution in [0.2, 0.25) is 0 Å². The lowest BCUT2D eigenvalue weighted by Crippen LogP contribution is -2.35. The van der Waals surface area contributed by atoms with Crippen LogP contribution in [-0.2, 0) is 4.79 Å². The van der Waals surface area contributed by atoms with Crippen LogP contribution in [0.1, 0.15) is 59.3 Å². The minimum atomic E-state index is -0.670. The summed E-state index contributed by atoms with van der Waals surface area (Å²) in [5.41, 5.74) is 4.88. The topological polar surface area (TPSA) is 83.5 Å². The van der Waals surface area contributed by atoms with Gasteiger partial charge in [0.05, 0.1) is 6.61 Å². The van der Waals surface area contributed by atoms with E-state index in [2.05, 4.69) is 6.92 Å². The Morgan fingerprint density at radius 2 is 1.62 bits per heavy atom. The smallest absolute Gasteiger partial charge is 0.303 e. The third-order valence-electron chi connectivity index (χ3n) is 1.90. The van der Waals surface area contributed by atoms with Crippen LogP contribution in [0.25, 0.3) is 0 Å². The number of aliphatic hydroxyl groups is 1. The molecule has 0 atom stereocenters. The minimum Gasteiger partial charge on any atom is -0.481 e. The van der Waals surface area contributed by atoms with E-state index in [0.717, 1.165) is 12.8 Å². The second-order valence-corrected chi connectivity index (χ2v) is 4.70. The van der Waals surface area contributed by atoms with Crippen molar-refractivity contribution in [1.82, 2.24) is 0 Å². The molecule has 0 fully saturated rings. The van der Waals surface area contributed by atoms with Crippen LogP contribution in [0.5, 0.6) is 0 Å². The maximum Gasteiger partial charge on any atom is 0.303 e. The SMILES string of the molecule is CC(C)(N)CO.CCCCCCCC(=O)O. The number of carboxylic acids is 1. The molecule has 0 spiro atoms. The third-order valence-corrected chi connectivity index (χ3v) is 1.90. The van der Waals surface area contributed by atoms with Gasteiger partial charge < -0.3 is 15.9 Å². The molecule has 0 saturated carbocycles. The van der Waals surface area contributed by atoms with Crippen LogP contribution in [0.15, 0.2) is 0 Å².